The lowest BCUT2D eigenvalue weighted by Crippen LogP contribution is -2.15. The molecular formula is C16H15N3O3S3. The van der Waals surface area contributed by atoms with Crippen LogP contribution < -0.4 is 10.5 Å². The number of aromatic nitrogens is 1. The summed E-state index contributed by atoms with van der Waals surface area (Å²) in [7, 11) is -3.56. The minimum atomic E-state index is -3.56. The molecule has 3 rings (SSSR count). The summed E-state index contributed by atoms with van der Waals surface area (Å²) >= 11 is 3.12. The van der Waals surface area contributed by atoms with Crippen molar-refractivity contribution < 1.29 is 13.2 Å². The van der Waals surface area contributed by atoms with E-state index in [-0.39, 0.29) is 18.1 Å². The molecule has 0 spiro atoms. The Kier molecular flexibility index (Phi) is 5.28. The zero-order chi connectivity index (χ0) is 17.9. The number of thiazole rings is 1. The average Bonchev–Trinajstić information content (AvgIpc) is 3.18. The van der Waals surface area contributed by atoms with Gasteiger partial charge in [-0.1, -0.05) is 18.2 Å². The van der Waals surface area contributed by atoms with Crippen LogP contribution in [0.3, 0.4) is 0 Å². The van der Waals surface area contributed by atoms with E-state index >= 15 is 0 Å². The van der Waals surface area contributed by atoms with Gasteiger partial charge in [-0.3, -0.25) is 4.79 Å². The van der Waals surface area contributed by atoms with Crippen molar-refractivity contribution in [1.82, 2.24) is 4.98 Å². The molecule has 9 heteroatoms. The van der Waals surface area contributed by atoms with Crippen LogP contribution in [0, 0.1) is 0 Å². The SMILES string of the molecule is NS(=O)(=O)Cc1ccc(NC(=O)Cc2csc(-c3cccs3)n2)cc1. The van der Waals surface area contributed by atoms with Crippen LogP contribution in [0.25, 0.3) is 9.88 Å². The maximum absolute atomic E-state index is 12.1. The number of anilines is 1. The first-order chi connectivity index (χ1) is 11.9. The van der Waals surface area contributed by atoms with Gasteiger partial charge in [0.25, 0.3) is 0 Å². The Bertz CT molecular complexity index is 962. The van der Waals surface area contributed by atoms with Gasteiger partial charge in [-0.05, 0) is 29.1 Å². The van der Waals surface area contributed by atoms with Crippen LogP contribution in [0.4, 0.5) is 5.69 Å². The molecule has 1 amide bonds. The monoisotopic (exact) mass is 393 g/mol. The number of hydrogen-bond donors (Lipinski definition) is 2. The van der Waals surface area contributed by atoms with Crippen molar-refractivity contribution in [3.05, 3.63) is 58.4 Å². The van der Waals surface area contributed by atoms with Crippen LogP contribution >= 0.6 is 22.7 Å². The number of amides is 1. The highest BCUT2D eigenvalue weighted by Crippen LogP contribution is 2.28. The fraction of sp³-hybridized carbons (Fsp3) is 0.125. The Morgan fingerprint density at radius 1 is 1.16 bits per heavy atom. The standard InChI is InChI=1S/C16H15N3O3S3/c17-25(21,22)10-11-3-5-12(6-4-11)18-15(20)8-13-9-24-16(19-13)14-2-1-7-23-14/h1-7,9H,8,10H2,(H,18,20)(H2,17,21,22). The number of carbonyl (C=O) groups excluding carboxylic acids is 1. The highest BCUT2D eigenvalue weighted by atomic mass is 32.2. The van der Waals surface area contributed by atoms with E-state index in [1.165, 1.54) is 11.3 Å². The number of nitrogens with one attached hydrogen (secondary N) is 1. The number of thiophene rings is 1. The van der Waals surface area contributed by atoms with Gasteiger partial charge in [0.2, 0.25) is 15.9 Å². The zero-order valence-corrected chi connectivity index (χ0v) is 15.5. The molecule has 2 aromatic heterocycles. The first kappa shape index (κ1) is 17.7. The molecule has 3 aromatic rings. The molecule has 6 nitrogen and oxygen atoms in total. The summed E-state index contributed by atoms with van der Waals surface area (Å²) in [4.78, 5) is 17.7. The lowest BCUT2D eigenvalue weighted by Gasteiger charge is -2.05. The number of rotatable bonds is 6. The third-order valence-electron chi connectivity index (χ3n) is 3.23. The van der Waals surface area contributed by atoms with Crippen molar-refractivity contribution in [2.75, 3.05) is 5.32 Å². The molecule has 0 saturated carbocycles. The van der Waals surface area contributed by atoms with Crippen LogP contribution in [0.2, 0.25) is 0 Å². The molecule has 1 aromatic carbocycles. The minimum Gasteiger partial charge on any atom is -0.326 e. The van der Waals surface area contributed by atoms with Gasteiger partial charge in [0.15, 0.2) is 0 Å². The Morgan fingerprint density at radius 2 is 1.92 bits per heavy atom. The molecule has 0 aliphatic carbocycles. The van der Waals surface area contributed by atoms with E-state index in [1.54, 1.807) is 35.6 Å². The molecule has 0 radical (unpaired) electrons. The lowest BCUT2D eigenvalue weighted by atomic mass is 10.2. The highest BCUT2D eigenvalue weighted by Gasteiger charge is 2.10. The molecule has 0 fully saturated rings. The zero-order valence-electron chi connectivity index (χ0n) is 13.0. The summed E-state index contributed by atoms with van der Waals surface area (Å²) in [6.45, 7) is 0. The number of hydrogen-bond acceptors (Lipinski definition) is 6. The quantitative estimate of drug-likeness (QED) is 0.672. The van der Waals surface area contributed by atoms with Gasteiger partial charge in [0.05, 0.1) is 22.7 Å². The van der Waals surface area contributed by atoms with E-state index in [4.69, 9.17) is 5.14 Å². The van der Waals surface area contributed by atoms with Crippen molar-refractivity contribution in [2.24, 2.45) is 5.14 Å². The summed E-state index contributed by atoms with van der Waals surface area (Å²) in [5.41, 5.74) is 1.88. The number of primary sulfonamides is 1. The Hall–Kier alpha value is -2.07. The molecule has 3 N–H and O–H groups in total. The number of sulfonamides is 1. The topological polar surface area (TPSA) is 102 Å². The van der Waals surface area contributed by atoms with E-state index in [0.29, 0.717) is 11.3 Å². The van der Waals surface area contributed by atoms with E-state index in [1.807, 2.05) is 22.9 Å². The summed E-state index contributed by atoms with van der Waals surface area (Å²) in [5.74, 6) is -0.409. The van der Waals surface area contributed by atoms with Crippen LogP contribution in [0.5, 0.6) is 0 Å². The molecule has 0 aliphatic rings. The summed E-state index contributed by atoms with van der Waals surface area (Å²) in [5, 5.41) is 12.6. The maximum Gasteiger partial charge on any atom is 0.230 e. The van der Waals surface area contributed by atoms with Crippen LogP contribution in [0.1, 0.15) is 11.3 Å². The third-order valence-corrected chi connectivity index (χ3v) is 5.90. The third kappa shape index (κ3) is 5.20. The fourth-order valence-corrected chi connectivity index (χ4v) is 4.48. The lowest BCUT2D eigenvalue weighted by molar-refractivity contribution is -0.115. The van der Waals surface area contributed by atoms with Crippen LogP contribution in [-0.4, -0.2) is 19.3 Å². The molecular weight excluding hydrogens is 378 g/mol. The summed E-state index contributed by atoms with van der Waals surface area (Å²) in [6.07, 6.45) is 0.181. The van der Waals surface area contributed by atoms with Crippen LogP contribution in [0.15, 0.2) is 47.2 Å². The molecule has 2 heterocycles. The van der Waals surface area contributed by atoms with Gasteiger partial charge in [-0.2, -0.15) is 0 Å². The molecule has 0 aliphatic heterocycles. The average molecular weight is 394 g/mol. The maximum atomic E-state index is 12.1. The predicted octanol–water partition coefficient (Wildman–Crippen LogP) is 2.84. The van der Waals surface area contributed by atoms with E-state index < -0.39 is 10.0 Å². The highest BCUT2D eigenvalue weighted by molar-refractivity contribution is 7.88. The van der Waals surface area contributed by atoms with Crippen LogP contribution in [-0.2, 0) is 27.0 Å². The molecule has 0 bridgehead atoms. The van der Waals surface area contributed by atoms with Gasteiger partial charge in [-0.25, -0.2) is 18.5 Å². The van der Waals surface area contributed by atoms with Gasteiger partial charge in [0.1, 0.15) is 5.01 Å². The number of carbonyl (C=O) groups is 1. The van der Waals surface area contributed by atoms with Gasteiger partial charge < -0.3 is 5.32 Å². The smallest absolute Gasteiger partial charge is 0.230 e. The fourth-order valence-electron chi connectivity index (χ4n) is 2.19. The van der Waals surface area contributed by atoms with Crippen molar-refractivity contribution >= 4 is 44.3 Å². The number of benzene rings is 1. The van der Waals surface area contributed by atoms with Crippen molar-refractivity contribution in [2.45, 2.75) is 12.2 Å². The Balaban J connectivity index is 1.59. The Morgan fingerprint density at radius 3 is 2.56 bits per heavy atom. The van der Waals surface area contributed by atoms with Gasteiger partial charge in [-0.15, -0.1) is 22.7 Å². The second-order valence-corrected chi connectivity index (χ2v) is 8.77. The minimum absolute atomic E-state index is 0.178. The van der Waals surface area contributed by atoms with E-state index in [2.05, 4.69) is 10.3 Å². The van der Waals surface area contributed by atoms with E-state index in [9.17, 15) is 13.2 Å². The second kappa shape index (κ2) is 7.44. The molecule has 130 valence electrons. The van der Waals surface area contributed by atoms with Crippen molar-refractivity contribution in [1.29, 1.82) is 0 Å². The predicted molar refractivity (Wildman–Crippen MR) is 101 cm³/mol. The molecule has 0 atom stereocenters. The summed E-state index contributed by atoms with van der Waals surface area (Å²) in [6, 6.07) is 10.5. The molecule has 25 heavy (non-hydrogen) atoms. The van der Waals surface area contributed by atoms with Crippen molar-refractivity contribution in [3.8, 4) is 9.88 Å². The van der Waals surface area contributed by atoms with E-state index in [0.717, 1.165) is 15.6 Å². The number of nitrogens with two attached hydrogens (primary N) is 1. The van der Waals surface area contributed by atoms with Crippen molar-refractivity contribution in [3.63, 3.8) is 0 Å². The van der Waals surface area contributed by atoms with Gasteiger partial charge >= 0.3 is 0 Å². The molecule has 0 saturated heterocycles. The summed E-state index contributed by atoms with van der Waals surface area (Å²) < 4.78 is 22.1. The number of nitrogens with zero attached hydrogens (tertiary/aromatic N) is 1. The normalized spacial score (nSPS) is 11.4. The Labute approximate surface area is 153 Å². The first-order valence-corrected chi connectivity index (χ1v) is 10.7. The largest absolute Gasteiger partial charge is 0.326 e. The first-order valence-electron chi connectivity index (χ1n) is 7.26. The second-order valence-electron chi connectivity index (χ2n) is 5.35. The molecule has 0 unspecified atom stereocenters. The van der Waals surface area contributed by atoms with Gasteiger partial charge in [0, 0.05) is 11.1 Å².